The van der Waals surface area contributed by atoms with E-state index in [9.17, 15) is 13.2 Å². The van der Waals surface area contributed by atoms with Crippen molar-refractivity contribution in [2.75, 3.05) is 13.2 Å². The number of sulfonamides is 1. The molecule has 0 saturated heterocycles. The second-order valence-corrected chi connectivity index (χ2v) is 6.76. The number of carbonyl (C=O) groups is 1. The van der Waals surface area contributed by atoms with Crippen LogP contribution in [0.25, 0.3) is 0 Å². The number of primary sulfonamides is 1. The van der Waals surface area contributed by atoms with Gasteiger partial charge >= 0.3 is 0 Å². The number of nitrogens with two attached hydrogens (primary N) is 1. The Balaban J connectivity index is 1.67. The van der Waals surface area contributed by atoms with Gasteiger partial charge in [0.1, 0.15) is 12.4 Å². The molecule has 0 fully saturated rings. The summed E-state index contributed by atoms with van der Waals surface area (Å²) >= 11 is 0. The molecule has 1 amide bonds. The van der Waals surface area contributed by atoms with Crippen molar-refractivity contribution in [3.63, 3.8) is 0 Å². The van der Waals surface area contributed by atoms with E-state index in [2.05, 4.69) is 5.32 Å². The van der Waals surface area contributed by atoms with Gasteiger partial charge in [-0.25, -0.2) is 13.6 Å². The van der Waals surface area contributed by atoms with Gasteiger partial charge in [-0.2, -0.15) is 0 Å². The van der Waals surface area contributed by atoms with Crippen molar-refractivity contribution in [3.8, 4) is 5.75 Å². The van der Waals surface area contributed by atoms with Crippen molar-refractivity contribution in [2.45, 2.75) is 17.7 Å². The Morgan fingerprint density at radius 3 is 2.33 bits per heavy atom. The van der Waals surface area contributed by atoms with Crippen LogP contribution < -0.4 is 15.2 Å². The second kappa shape index (κ2) is 8.47. The Hall–Kier alpha value is -2.38. The fourth-order valence-electron chi connectivity index (χ4n) is 2.07. The Morgan fingerprint density at radius 1 is 1.04 bits per heavy atom. The molecule has 0 aliphatic heterocycles. The number of rotatable bonds is 8. The summed E-state index contributed by atoms with van der Waals surface area (Å²) in [5, 5.41) is 7.81. The highest BCUT2D eigenvalue weighted by Gasteiger charge is 2.07. The molecule has 0 heterocycles. The second-order valence-electron chi connectivity index (χ2n) is 5.20. The first-order valence-electron chi connectivity index (χ1n) is 7.51. The molecule has 0 bridgehead atoms. The number of hydrogen-bond acceptors (Lipinski definition) is 4. The van der Waals surface area contributed by atoms with E-state index >= 15 is 0 Å². The molecule has 0 aliphatic rings. The average molecular weight is 348 g/mol. The number of hydrogen-bond donors (Lipinski definition) is 2. The van der Waals surface area contributed by atoms with E-state index in [0.717, 1.165) is 11.3 Å². The van der Waals surface area contributed by atoms with Crippen LogP contribution in [0.3, 0.4) is 0 Å². The molecule has 0 unspecified atom stereocenters. The Bertz CT molecular complexity index is 759. The van der Waals surface area contributed by atoms with Crippen LogP contribution in [0.5, 0.6) is 5.75 Å². The largest absolute Gasteiger partial charge is 0.492 e. The van der Waals surface area contributed by atoms with Gasteiger partial charge in [-0.1, -0.05) is 30.3 Å². The third-order valence-corrected chi connectivity index (χ3v) is 4.26. The van der Waals surface area contributed by atoms with Gasteiger partial charge in [-0.15, -0.1) is 0 Å². The monoisotopic (exact) mass is 348 g/mol. The van der Waals surface area contributed by atoms with E-state index in [1.807, 2.05) is 30.3 Å². The van der Waals surface area contributed by atoms with Crippen LogP contribution >= 0.6 is 0 Å². The lowest BCUT2D eigenvalue weighted by Gasteiger charge is -2.08. The highest BCUT2D eigenvalue weighted by atomic mass is 32.2. The summed E-state index contributed by atoms with van der Waals surface area (Å²) in [6.45, 7) is 0.830. The molecule has 2 aromatic rings. The number of carbonyl (C=O) groups excluding carboxylic acids is 1. The molecular weight excluding hydrogens is 328 g/mol. The molecule has 2 rings (SSSR count). The normalized spacial score (nSPS) is 11.0. The first-order valence-corrected chi connectivity index (χ1v) is 9.06. The minimum absolute atomic E-state index is 0.0637. The Kier molecular flexibility index (Phi) is 6.34. The zero-order chi connectivity index (χ0) is 17.4. The first kappa shape index (κ1) is 18.0. The zero-order valence-electron chi connectivity index (χ0n) is 13.1. The fraction of sp³-hybridized carbons (Fsp3) is 0.235. The van der Waals surface area contributed by atoms with E-state index in [0.29, 0.717) is 26.0 Å². The van der Waals surface area contributed by atoms with Gasteiger partial charge in [-0.3, -0.25) is 4.79 Å². The van der Waals surface area contributed by atoms with Gasteiger partial charge < -0.3 is 10.1 Å². The molecule has 2 aromatic carbocycles. The fourth-order valence-corrected chi connectivity index (χ4v) is 2.58. The number of ether oxygens (including phenoxy) is 1. The summed E-state index contributed by atoms with van der Waals surface area (Å²) in [6, 6.07) is 15.6. The molecule has 3 N–H and O–H groups in total. The number of amides is 1. The standard InChI is InChI=1S/C17H20N2O4S/c18-24(21,22)16-9-6-14(7-10-16)8-11-17(20)19-12-13-23-15-4-2-1-3-5-15/h1-7,9-10H,8,11-13H2,(H,19,20)(H2,18,21,22). The van der Waals surface area contributed by atoms with Gasteiger partial charge in [-0.05, 0) is 36.2 Å². The molecule has 0 aromatic heterocycles. The van der Waals surface area contributed by atoms with Gasteiger partial charge in [0, 0.05) is 6.42 Å². The number of nitrogens with one attached hydrogen (secondary N) is 1. The Labute approximate surface area is 141 Å². The molecule has 0 radical (unpaired) electrons. The predicted molar refractivity (Wildman–Crippen MR) is 91.1 cm³/mol. The van der Waals surface area contributed by atoms with Crippen molar-refractivity contribution >= 4 is 15.9 Å². The number of benzene rings is 2. The van der Waals surface area contributed by atoms with Crippen molar-refractivity contribution in [2.24, 2.45) is 5.14 Å². The topological polar surface area (TPSA) is 98.5 Å². The highest BCUT2D eigenvalue weighted by Crippen LogP contribution is 2.10. The lowest BCUT2D eigenvalue weighted by atomic mass is 10.1. The van der Waals surface area contributed by atoms with E-state index in [4.69, 9.17) is 9.88 Å². The maximum atomic E-state index is 11.8. The van der Waals surface area contributed by atoms with Gasteiger partial charge in [0.25, 0.3) is 0 Å². The summed E-state index contributed by atoms with van der Waals surface area (Å²) < 4.78 is 27.8. The van der Waals surface area contributed by atoms with Gasteiger partial charge in [0.2, 0.25) is 15.9 Å². The molecule has 0 spiro atoms. The third kappa shape index (κ3) is 6.02. The molecular formula is C17H20N2O4S. The molecule has 24 heavy (non-hydrogen) atoms. The van der Waals surface area contributed by atoms with Crippen molar-refractivity contribution in [1.29, 1.82) is 0 Å². The summed E-state index contributed by atoms with van der Waals surface area (Å²) in [4.78, 5) is 11.8. The first-order chi connectivity index (χ1) is 11.4. The summed E-state index contributed by atoms with van der Waals surface area (Å²) in [5.41, 5.74) is 0.873. The van der Waals surface area contributed by atoms with Crippen LogP contribution in [-0.2, 0) is 21.2 Å². The van der Waals surface area contributed by atoms with E-state index in [-0.39, 0.29) is 10.8 Å². The molecule has 0 aliphatic carbocycles. The van der Waals surface area contributed by atoms with Gasteiger partial charge in [0.15, 0.2) is 0 Å². The Morgan fingerprint density at radius 2 is 1.71 bits per heavy atom. The van der Waals surface area contributed by atoms with Crippen LogP contribution in [0.4, 0.5) is 0 Å². The lowest BCUT2D eigenvalue weighted by Crippen LogP contribution is -2.28. The van der Waals surface area contributed by atoms with Crippen LogP contribution in [-0.4, -0.2) is 27.5 Å². The van der Waals surface area contributed by atoms with Crippen molar-refractivity contribution in [1.82, 2.24) is 5.32 Å². The summed E-state index contributed by atoms with van der Waals surface area (Å²) in [5.74, 6) is 0.684. The summed E-state index contributed by atoms with van der Waals surface area (Å²) in [6.07, 6.45) is 0.844. The maximum Gasteiger partial charge on any atom is 0.238 e. The highest BCUT2D eigenvalue weighted by molar-refractivity contribution is 7.89. The van der Waals surface area contributed by atoms with E-state index in [1.54, 1.807) is 12.1 Å². The van der Waals surface area contributed by atoms with Gasteiger partial charge in [0.05, 0.1) is 11.4 Å². The van der Waals surface area contributed by atoms with Crippen LogP contribution in [0.1, 0.15) is 12.0 Å². The summed E-state index contributed by atoms with van der Waals surface area (Å²) in [7, 11) is -3.68. The number of aryl methyl sites for hydroxylation is 1. The molecule has 7 heteroatoms. The molecule has 128 valence electrons. The van der Waals surface area contributed by atoms with Crippen molar-refractivity contribution in [3.05, 3.63) is 60.2 Å². The smallest absolute Gasteiger partial charge is 0.238 e. The average Bonchev–Trinajstić information content (AvgIpc) is 2.57. The quantitative estimate of drug-likeness (QED) is 0.706. The predicted octanol–water partition coefficient (Wildman–Crippen LogP) is 1.46. The molecule has 6 nitrogen and oxygen atoms in total. The van der Waals surface area contributed by atoms with Crippen molar-refractivity contribution < 1.29 is 17.9 Å². The van der Waals surface area contributed by atoms with Crippen LogP contribution in [0.15, 0.2) is 59.5 Å². The van der Waals surface area contributed by atoms with E-state index in [1.165, 1.54) is 12.1 Å². The maximum absolute atomic E-state index is 11.8. The lowest BCUT2D eigenvalue weighted by molar-refractivity contribution is -0.121. The third-order valence-electron chi connectivity index (χ3n) is 3.33. The minimum atomic E-state index is -3.68. The molecule has 0 saturated carbocycles. The molecule has 0 atom stereocenters. The zero-order valence-corrected chi connectivity index (χ0v) is 14.0. The number of para-hydroxylation sites is 1. The van der Waals surface area contributed by atoms with Crippen LogP contribution in [0, 0.1) is 0 Å². The SMILES string of the molecule is NS(=O)(=O)c1ccc(CCC(=O)NCCOc2ccccc2)cc1. The van der Waals surface area contributed by atoms with E-state index < -0.39 is 10.0 Å². The van der Waals surface area contributed by atoms with Crippen LogP contribution in [0.2, 0.25) is 0 Å². The minimum Gasteiger partial charge on any atom is -0.492 e.